The average Bonchev–Trinajstić information content (AvgIpc) is 3.69. The zero-order chi connectivity index (χ0) is 23.0. The number of ether oxygens (including phenoxy) is 1. The van der Waals surface area contributed by atoms with E-state index in [1.807, 2.05) is 18.2 Å². The van der Waals surface area contributed by atoms with Crippen LogP contribution in [-0.2, 0) is 16.1 Å². The maximum Gasteiger partial charge on any atom is 0.227 e. The molecular formula is C24H25N7O2. The lowest BCUT2D eigenvalue weighted by Gasteiger charge is -2.10. The summed E-state index contributed by atoms with van der Waals surface area (Å²) in [4.78, 5) is 25.3. The standard InChI is InChI=1S/C24H25N7O2/c1-33-11-10-26-14-19-5-6-20(15-28-19)29-24-27-9-8-22(31-24)17-4-7-21(18(12-17)13-25)30-23(32)16-2-3-16/h4-9,12,15-16,26H,2-3,10-11,14H2,1H3,(H,30,32)(H,27,29,31). The van der Waals surface area contributed by atoms with E-state index in [4.69, 9.17) is 4.74 Å². The summed E-state index contributed by atoms with van der Waals surface area (Å²) in [5.74, 6) is 0.463. The fourth-order valence-corrected chi connectivity index (χ4v) is 3.19. The molecule has 1 aliphatic rings. The summed E-state index contributed by atoms with van der Waals surface area (Å²) in [6.45, 7) is 2.08. The van der Waals surface area contributed by atoms with Gasteiger partial charge in [-0.15, -0.1) is 0 Å². The van der Waals surface area contributed by atoms with Crippen LogP contribution >= 0.6 is 0 Å². The van der Waals surface area contributed by atoms with Gasteiger partial charge in [0.2, 0.25) is 11.9 Å². The van der Waals surface area contributed by atoms with Gasteiger partial charge >= 0.3 is 0 Å². The Balaban J connectivity index is 1.43. The number of hydrogen-bond acceptors (Lipinski definition) is 8. The zero-order valence-corrected chi connectivity index (χ0v) is 18.3. The van der Waals surface area contributed by atoms with Crippen molar-refractivity contribution in [2.75, 3.05) is 30.9 Å². The quantitative estimate of drug-likeness (QED) is 0.408. The Kier molecular flexibility index (Phi) is 7.19. The van der Waals surface area contributed by atoms with Gasteiger partial charge in [-0.05, 0) is 43.2 Å². The topological polar surface area (TPSA) is 125 Å². The number of nitriles is 1. The smallest absolute Gasteiger partial charge is 0.227 e. The number of nitrogens with one attached hydrogen (secondary N) is 3. The highest BCUT2D eigenvalue weighted by atomic mass is 16.5. The van der Waals surface area contributed by atoms with Crippen molar-refractivity contribution in [1.29, 1.82) is 5.26 Å². The molecule has 1 aliphatic carbocycles. The lowest BCUT2D eigenvalue weighted by Crippen LogP contribution is -2.19. The first-order valence-electron chi connectivity index (χ1n) is 10.8. The molecule has 3 N–H and O–H groups in total. The normalized spacial score (nSPS) is 12.7. The molecule has 1 amide bonds. The van der Waals surface area contributed by atoms with Gasteiger partial charge in [-0.3, -0.25) is 9.78 Å². The van der Waals surface area contributed by atoms with E-state index in [2.05, 4.69) is 37.0 Å². The minimum Gasteiger partial charge on any atom is -0.383 e. The second kappa shape index (κ2) is 10.6. The van der Waals surface area contributed by atoms with Crippen molar-refractivity contribution in [2.45, 2.75) is 19.4 Å². The number of benzene rings is 1. The minimum absolute atomic E-state index is 0.0295. The molecule has 0 atom stereocenters. The highest BCUT2D eigenvalue weighted by Gasteiger charge is 2.30. The number of nitrogens with zero attached hydrogens (tertiary/aromatic N) is 4. The van der Waals surface area contributed by atoms with Crippen molar-refractivity contribution in [1.82, 2.24) is 20.3 Å². The van der Waals surface area contributed by atoms with Crippen LogP contribution in [0.4, 0.5) is 17.3 Å². The first kappa shape index (κ1) is 22.3. The number of carbonyl (C=O) groups excluding carboxylic acids is 1. The number of carbonyl (C=O) groups is 1. The van der Waals surface area contributed by atoms with Gasteiger partial charge in [-0.25, -0.2) is 9.97 Å². The van der Waals surface area contributed by atoms with Crippen LogP contribution in [0.15, 0.2) is 48.8 Å². The van der Waals surface area contributed by atoms with Crippen molar-refractivity contribution in [3.8, 4) is 17.3 Å². The van der Waals surface area contributed by atoms with Crippen LogP contribution in [0.5, 0.6) is 0 Å². The van der Waals surface area contributed by atoms with E-state index in [0.717, 1.165) is 36.3 Å². The Morgan fingerprint density at radius 1 is 1.21 bits per heavy atom. The van der Waals surface area contributed by atoms with Gasteiger partial charge in [-0.1, -0.05) is 6.07 Å². The first-order chi connectivity index (χ1) is 16.2. The fraction of sp³-hybridized carbons (Fsp3) is 0.292. The monoisotopic (exact) mass is 443 g/mol. The summed E-state index contributed by atoms with van der Waals surface area (Å²) in [7, 11) is 1.67. The summed E-state index contributed by atoms with van der Waals surface area (Å²) < 4.78 is 5.01. The number of methoxy groups -OCH3 is 1. The molecular weight excluding hydrogens is 418 g/mol. The van der Waals surface area contributed by atoms with Crippen molar-refractivity contribution < 1.29 is 9.53 Å². The lowest BCUT2D eigenvalue weighted by atomic mass is 10.1. The van der Waals surface area contributed by atoms with Gasteiger partial charge in [0.15, 0.2) is 0 Å². The maximum atomic E-state index is 12.1. The predicted molar refractivity (Wildman–Crippen MR) is 125 cm³/mol. The molecule has 168 valence electrons. The highest BCUT2D eigenvalue weighted by molar-refractivity contribution is 5.95. The molecule has 0 aliphatic heterocycles. The van der Waals surface area contributed by atoms with Crippen LogP contribution in [-0.4, -0.2) is 41.1 Å². The van der Waals surface area contributed by atoms with Crippen LogP contribution in [0, 0.1) is 17.2 Å². The van der Waals surface area contributed by atoms with Crippen molar-refractivity contribution in [2.24, 2.45) is 5.92 Å². The number of hydrogen-bond donors (Lipinski definition) is 3. The molecule has 1 saturated carbocycles. The van der Waals surface area contributed by atoms with E-state index in [-0.39, 0.29) is 11.8 Å². The van der Waals surface area contributed by atoms with E-state index in [9.17, 15) is 10.1 Å². The molecule has 4 rings (SSSR count). The minimum atomic E-state index is -0.0295. The second-order valence-electron chi connectivity index (χ2n) is 7.73. The highest BCUT2D eigenvalue weighted by Crippen LogP contribution is 2.31. The molecule has 1 aromatic carbocycles. The van der Waals surface area contributed by atoms with E-state index in [0.29, 0.717) is 36.0 Å². The number of anilines is 3. The van der Waals surface area contributed by atoms with Crippen LogP contribution in [0.1, 0.15) is 24.1 Å². The number of amides is 1. The molecule has 2 heterocycles. The number of pyridine rings is 1. The van der Waals surface area contributed by atoms with Gasteiger partial charge in [0, 0.05) is 37.9 Å². The fourth-order valence-electron chi connectivity index (χ4n) is 3.19. The molecule has 2 aromatic heterocycles. The van der Waals surface area contributed by atoms with E-state index in [1.54, 1.807) is 37.7 Å². The summed E-state index contributed by atoms with van der Waals surface area (Å²) in [6.07, 6.45) is 5.20. The molecule has 0 radical (unpaired) electrons. The Hall–Kier alpha value is -3.87. The molecule has 3 aromatic rings. The molecule has 9 nitrogen and oxygen atoms in total. The van der Waals surface area contributed by atoms with Crippen LogP contribution in [0.25, 0.3) is 11.3 Å². The third-order valence-corrected chi connectivity index (χ3v) is 5.17. The summed E-state index contributed by atoms with van der Waals surface area (Å²) >= 11 is 0. The molecule has 0 bridgehead atoms. The SMILES string of the molecule is COCCNCc1ccc(Nc2nccc(-c3ccc(NC(=O)C4CC4)c(C#N)c3)n2)cn1. The Morgan fingerprint density at radius 2 is 2.09 bits per heavy atom. The Bertz CT molecular complexity index is 1150. The third-order valence-electron chi connectivity index (χ3n) is 5.17. The van der Waals surface area contributed by atoms with E-state index >= 15 is 0 Å². The predicted octanol–water partition coefficient (Wildman–Crippen LogP) is 3.24. The third kappa shape index (κ3) is 6.10. The van der Waals surface area contributed by atoms with Crippen LogP contribution in [0.2, 0.25) is 0 Å². The summed E-state index contributed by atoms with van der Waals surface area (Å²) in [5, 5.41) is 18.8. The molecule has 0 spiro atoms. The van der Waals surface area contributed by atoms with E-state index in [1.165, 1.54) is 0 Å². The van der Waals surface area contributed by atoms with E-state index < -0.39 is 0 Å². The lowest BCUT2D eigenvalue weighted by molar-refractivity contribution is -0.117. The van der Waals surface area contributed by atoms with Gasteiger partial charge in [0.05, 0.1) is 41.1 Å². The largest absolute Gasteiger partial charge is 0.383 e. The van der Waals surface area contributed by atoms with Crippen molar-refractivity contribution in [3.63, 3.8) is 0 Å². The molecule has 9 heteroatoms. The first-order valence-corrected chi connectivity index (χ1v) is 10.8. The summed E-state index contributed by atoms with van der Waals surface area (Å²) in [5.41, 5.74) is 4.03. The molecule has 0 saturated heterocycles. The number of rotatable bonds is 10. The summed E-state index contributed by atoms with van der Waals surface area (Å²) in [6, 6.07) is 13.1. The van der Waals surface area contributed by atoms with Gasteiger partial charge in [0.1, 0.15) is 6.07 Å². The van der Waals surface area contributed by atoms with Gasteiger partial charge < -0.3 is 20.7 Å². The second-order valence-corrected chi connectivity index (χ2v) is 7.73. The van der Waals surface area contributed by atoms with Crippen molar-refractivity contribution in [3.05, 3.63) is 60.0 Å². The zero-order valence-electron chi connectivity index (χ0n) is 18.3. The Morgan fingerprint density at radius 3 is 2.82 bits per heavy atom. The van der Waals surface area contributed by atoms with Gasteiger partial charge in [0.25, 0.3) is 0 Å². The maximum absolute atomic E-state index is 12.1. The average molecular weight is 444 g/mol. The van der Waals surface area contributed by atoms with Crippen molar-refractivity contribution >= 4 is 23.2 Å². The van der Waals surface area contributed by atoms with Gasteiger partial charge in [-0.2, -0.15) is 5.26 Å². The van der Waals surface area contributed by atoms with Crippen LogP contribution in [0.3, 0.4) is 0 Å². The van der Waals surface area contributed by atoms with Crippen LogP contribution < -0.4 is 16.0 Å². The Labute approximate surface area is 192 Å². The number of aromatic nitrogens is 3. The molecule has 0 unspecified atom stereocenters. The molecule has 1 fully saturated rings. The molecule has 33 heavy (non-hydrogen) atoms.